The highest BCUT2D eigenvalue weighted by Crippen LogP contribution is 2.22. The van der Waals surface area contributed by atoms with E-state index in [1.807, 2.05) is 19.1 Å². The van der Waals surface area contributed by atoms with Gasteiger partial charge in [-0.2, -0.15) is 0 Å². The van der Waals surface area contributed by atoms with E-state index in [1.165, 1.54) is 12.1 Å². The van der Waals surface area contributed by atoms with Crippen molar-refractivity contribution < 1.29 is 9.18 Å². The van der Waals surface area contributed by atoms with E-state index in [-0.39, 0.29) is 11.3 Å². The number of rotatable bonds is 2. The first-order valence-electron chi connectivity index (χ1n) is 5.60. The molecule has 3 N–H and O–H groups in total. The van der Waals surface area contributed by atoms with Crippen molar-refractivity contribution in [3.8, 4) is 0 Å². The number of hydrogen-bond donors (Lipinski definition) is 2. The highest BCUT2D eigenvalue weighted by atomic mass is 79.9. The minimum absolute atomic E-state index is 0.0337. The Kier molecular flexibility index (Phi) is 3.85. The normalized spacial score (nSPS) is 10.3. The molecule has 0 fully saturated rings. The fraction of sp³-hybridized carbons (Fsp3) is 0.0714. The predicted octanol–water partition coefficient (Wildman–Crippen LogP) is 3.73. The van der Waals surface area contributed by atoms with Crippen LogP contribution in [0.2, 0.25) is 0 Å². The number of benzene rings is 2. The Morgan fingerprint density at radius 2 is 2.00 bits per heavy atom. The van der Waals surface area contributed by atoms with E-state index in [9.17, 15) is 9.18 Å². The fourth-order valence-corrected chi connectivity index (χ4v) is 2.00. The Morgan fingerprint density at radius 1 is 1.26 bits per heavy atom. The van der Waals surface area contributed by atoms with Crippen LogP contribution in [0.4, 0.5) is 15.8 Å². The Labute approximate surface area is 118 Å². The summed E-state index contributed by atoms with van der Waals surface area (Å²) in [5.41, 5.74) is 7.23. The lowest BCUT2D eigenvalue weighted by Crippen LogP contribution is -2.14. The zero-order chi connectivity index (χ0) is 14.0. The molecule has 0 aliphatic carbocycles. The van der Waals surface area contributed by atoms with Gasteiger partial charge in [0.1, 0.15) is 5.82 Å². The molecule has 0 aliphatic rings. The van der Waals surface area contributed by atoms with Crippen molar-refractivity contribution in [3.05, 3.63) is 57.8 Å². The van der Waals surface area contributed by atoms with E-state index in [0.717, 1.165) is 16.1 Å². The summed E-state index contributed by atoms with van der Waals surface area (Å²) in [6.07, 6.45) is 0. The third-order valence-electron chi connectivity index (χ3n) is 2.69. The van der Waals surface area contributed by atoms with Crippen molar-refractivity contribution in [2.45, 2.75) is 6.92 Å². The van der Waals surface area contributed by atoms with Gasteiger partial charge in [-0.05, 0) is 42.8 Å². The van der Waals surface area contributed by atoms with Crippen LogP contribution in [0.15, 0.2) is 40.9 Å². The summed E-state index contributed by atoms with van der Waals surface area (Å²) < 4.78 is 14.5. The summed E-state index contributed by atoms with van der Waals surface area (Å²) in [5, 5.41) is 2.68. The lowest BCUT2D eigenvalue weighted by Gasteiger charge is -2.09. The Morgan fingerprint density at radius 3 is 2.68 bits per heavy atom. The zero-order valence-electron chi connectivity index (χ0n) is 10.2. The molecule has 2 aromatic carbocycles. The molecule has 0 unspecified atom stereocenters. The Hall–Kier alpha value is -1.88. The number of nitrogens with one attached hydrogen (secondary N) is 1. The first-order valence-corrected chi connectivity index (χ1v) is 6.39. The van der Waals surface area contributed by atoms with Crippen molar-refractivity contribution in [3.63, 3.8) is 0 Å². The average Bonchev–Trinajstić information content (AvgIpc) is 2.33. The van der Waals surface area contributed by atoms with Crippen molar-refractivity contribution in [1.29, 1.82) is 0 Å². The molecule has 1 amide bonds. The number of nitrogen functional groups attached to an aromatic ring is 1. The van der Waals surface area contributed by atoms with Gasteiger partial charge >= 0.3 is 0 Å². The van der Waals surface area contributed by atoms with E-state index in [1.54, 1.807) is 6.07 Å². The minimum Gasteiger partial charge on any atom is -0.399 e. The quantitative estimate of drug-likeness (QED) is 0.828. The van der Waals surface area contributed by atoms with Crippen LogP contribution in [-0.2, 0) is 0 Å². The lowest BCUT2D eigenvalue weighted by molar-refractivity contribution is 0.102. The molecule has 0 aliphatic heterocycles. The number of halogens is 2. The van der Waals surface area contributed by atoms with Crippen LogP contribution in [0.1, 0.15) is 15.9 Å². The molecule has 2 aromatic rings. The average molecular weight is 323 g/mol. The summed E-state index contributed by atoms with van der Waals surface area (Å²) in [5.74, 6) is -1.14. The van der Waals surface area contributed by atoms with Crippen LogP contribution < -0.4 is 11.1 Å². The van der Waals surface area contributed by atoms with Gasteiger partial charge < -0.3 is 11.1 Å². The van der Waals surface area contributed by atoms with Crippen LogP contribution in [0.25, 0.3) is 0 Å². The van der Waals surface area contributed by atoms with Gasteiger partial charge in [-0.3, -0.25) is 4.79 Å². The molecule has 0 saturated carbocycles. The molecule has 0 saturated heterocycles. The summed E-state index contributed by atoms with van der Waals surface area (Å²) in [7, 11) is 0. The van der Waals surface area contributed by atoms with Crippen LogP contribution in [0.5, 0.6) is 0 Å². The molecule has 19 heavy (non-hydrogen) atoms. The van der Waals surface area contributed by atoms with E-state index in [0.29, 0.717) is 5.69 Å². The molecule has 0 radical (unpaired) electrons. The van der Waals surface area contributed by atoms with Gasteiger partial charge in [0.15, 0.2) is 0 Å². The molecule has 3 nitrogen and oxygen atoms in total. The second kappa shape index (κ2) is 5.40. The first-order chi connectivity index (χ1) is 8.97. The molecule has 98 valence electrons. The summed E-state index contributed by atoms with van der Waals surface area (Å²) in [4.78, 5) is 12.0. The number of amides is 1. The third-order valence-corrected chi connectivity index (χ3v) is 3.18. The molecule has 0 atom stereocenters. The van der Waals surface area contributed by atoms with Gasteiger partial charge in [0.05, 0.1) is 5.56 Å². The van der Waals surface area contributed by atoms with Crippen molar-refractivity contribution in [2.75, 3.05) is 11.1 Å². The molecule has 0 heterocycles. The number of carbonyl (C=O) groups is 1. The molecule has 0 spiro atoms. The smallest absolute Gasteiger partial charge is 0.258 e. The van der Waals surface area contributed by atoms with E-state index >= 15 is 0 Å². The monoisotopic (exact) mass is 322 g/mol. The summed E-state index contributed by atoms with van der Waals surface area (Å²) in [6, 6.07) is 9.48. The van der Waals surface area contributed by atoms with Crippen molar-refractivity contribution in [1.82, 2.24) is 0 Å². The molecular weight excluding hydrogens is 311 g/mol. The van der Waals surface area contributed by atoms with Crippen LogP contribution in [0.3, 0.4) is 0 Å². The summed E-state index contributed by atoms with van der Waals surface area (Å²) >= 11 is 3.32. The number of aryl methyl sites for hydroxylation is 1. The van der Waals surface area contributed by atoms with Crippen LogP contribution in [0, 0.1) is 12.7 Å². The van der Waals surface area contributed by atoms with Crippen LogP contribution in [-0.4, -0.2) is 5.91 Å². The molecule has 2 rings (SSSR count). The van der Waals surface area contributed by atoms with Gasteiger partial charge in [0, 0.05) is 15.8 Å². The number of carbonyl (C=O) groups excluding carboxylic acids is 1. The van der Waals surface area contributed by atoms with Crippen LogP contribution >= 0.6 is 15.9 Å². The largest absolute Gasteiger partial charge is 0.399 e. The van der Waals surface area contributed by atoms with Gasteiger partial charge in [0.25, 0.3) is 5.91 Å². The number of hydrogen-bond acceptors (Lipinski definition) is 2. The highest BCUT2D eigenvalue weighted by molar-refractivity contribution is 9.10. The van der Waals surface area contributed by atoms with Gasteiger partial charge in [0.2, 0.25) is 0 Å². The van der Waals surface area contributed by atoms with Crippen molar-refractivity contribution >= 4 is 33.2 Å². The maximum Gasteiger partial charge on any atom is 0.258 e. The zero-order valence-corrected chi connectivity index (χ0v) is 11.8. The maximum atomic E-state index is 13.6. The van der Waals surface area contributed by atoms with E-state index in [2.05, 4.69) is 21.2 Å². The lowest BCUT2D eigenvalue weighted by atomic mass is 10.1. The predicted molar refractivity (Wildman–Crippen MR) is 77.6 cm³/mol. The van der Waals surface area contributed by atoms with E-state index in [4.69, 9.17) is 5.73 Å². The topological polar surface area (TPSA) is 55.1 Å². The number of nitrogens with two attached hydrogens (primary N) is 1. The summed E-state index contributed by atoms with van der Waals surface area (Å²) in [6.45, 7) is 1.86. The van der Waals surface area contributed by atoms with Gasteiger partial charge in [-0.25, -0.2) is 4.39 Å². The molecule has 5 heteroatoms. The highest BCUT2D eigenvalue weighted by Gasteiger charge is 2.13. The SMILES string of the molecule is Cc1ccc(Br)cc1NC(=O)c1ccc(N)cc1F. The standard InChI is InChI=1S/C14H12BrFN2O/c1-8-2-3-9(15)6-13(8)18-14(19)11-5-4-10(17)7-12(11)16/h2-7H,17H2,1H3,(H,18,19). The molecule has 0 bridgehead atoms. The molecule has 0 aromatic heterocycles. The second-order valence-corrected chi connectivity index (χ2v) is 5.07. The van der Waals surface area contributed by atoms with Gasteiger partial charge in [-0.1, -0.05) is 22.0 Å². The second-order valence-electron chi connectivity index (χ2n) is 4.15. The fourth-order valence-electron chi connectivity index (χ4n) is 1.63. The Bertz CT molecular complexity index is 643. The van der Waals surface area contributed by atoms with Gasteiger partial charge in [-0.15, -0.1) is 0 Å². The molecular formula is C14H12BrFN2O. The first kappa shape index (κ1) is 13.5. The minimum atomic E-state index is -0.634. The van der Waals surface area contributed by atoms with Crippen molar-refractivity contribution in [2.24, 2.45) is 0 Å². The number of anilines is 2. The Balaban J connectivity index is 2.28. The van der Waals surface area contributed by atoms with E-state index < -0.39 is 11.7 Å². The third kappa shape index (κ3) is 3.12. The maximum absolute atomic E-state index is 13.6.